The largest absolute Gasteiger partial charge is 0.366 e. The molecule has 0 unspecified atom stereocenters. The van der Waals surface area contributed by atoms with E-state index in [4.69, 9.17) is 22.2 Å². The van der Waals surface area contributed by atoms with Crippen LogP contribution >= 0.6 is 0 Å². The van der Waals surface area contributed by atoms with Crippen LogP contribution in [0.3, 0.4) is 0 Å². The molecule has 0 atom stereocenters. The predicted octanol–water partition coefficient (Wildman–Crippen LogP) is 0.558. The second-order valence-electron chi connectivity index (χ2n) is 2.61. The first-order valence-electron chi connectivity index (χ1n) is 9.07. The van der Waals surface area contributed by atoms with E-state index in [0.717, 1.165) is 0 Å². The Hall–Kier alpha value is -0.830. The third-order valence-electron chi connectivity index (χ3n) is 1.41. The average molecular weight is 180 g/mol. The van der Waals surface area contributed by atoms with E-state index in [-0.39, 0.29) is 0 Å². The highest BCUT2D eigenvalue weighted by atomic mass is 16.1. The number of primary amides is 1. The zero-order valence-corrected chi connectivity index (χ0v) is 6.06. The third-order valence-corrected chi connectivity index (χ3v) is 1.41. The summed E-state index contributed by atoms with van der Waals surface area (Å²) in [6.45, 7) is -13.8. The molecule has 12 heavy (non-hydrogen) atoms. The van der Waals surface area contributed by atoms with Gasteiger partial charge in [0, 0.05) is 33.1 Å². The molecular formula is C9H16N2O. The van der Waals surface area contributed by atoms with Crippen molar-refractivity contribution < 1.29 is 21.2 Å². The Morgan fingerprint density at radius 2 is 2.25 bits per heavy atom. The van der Waals surface area contributed by atoms with Gasteiger partial charge >= 0.3 is 0 Å². The number of amides is 1. The monoisotopic (exact) mass is 180 g/mol. The van der Waals surface area contributed by atoms with Gasteiger partial charge in [-0.2, -0.15) is 0 Å². The van der Waals surface area contributed by atoms with E-state index in [9.17, 15) is 4.79 Å². The van der Waals surface area contributed by atoms with Gasteiger partial charge in [-0.3, -0.25) is 10.1 Å². The molecule has 0 aliphatic carbocycles. The maximum absolute atomic E-state index is 11.7. The minimum absolute atomic E-state index is 0.314. The van der Waals surface area contributed by atoms with Crippen LogP contribution < -0.4 is 11.1 Å². The highest BCUT2D eigenvalue weighted by Crippen LogP contribution is 2.28. The summed E-state index contributed by atoms with van der Waals surface area (Å²) in [5.74, 6) is -1.54. The minimum atomic E-state index is -3.49. The van der Waals surface area contributed by atoms with Gasteiger partial charge in [-0.25, -0.2) is 0 Å². The molecule has 1 aliphatic rings. The maximum atomic E-state index is 11.7. The molecule has 3 N–H and O–H groups in total. The zero-order valence-electron chi connectivity index (χ0n) is 18.1. The minimum Gasteiger partial charge on any atom is -0.366 e. The average Bonchev–Trinajstić information content (AvgIpc) is 2.63. The Balaban J connectivity index is 3.95. The Bertz CT molecular complexity index is 535. The van der Waals surface area contributed by atoms with Crippen molar-refractivity contribution >= 4 is 5.91 Å². The lowest BCUT2D eigenvalue weighted by Gasteiger charge is -2.26. The fourth-order valence-corrected chi connectivity index (χ4v) is 0.980. The van der Waals surface area contributed by atoms with Gasteiger partial charge < -0.3 is 5.73 Å². The molecule has 0 bridgehead atoms. The standard InChI is InChI=1S/C9H16N2O/c1-8(2)5-6(7(10)12)9(3,4)11-8/h5,11H,1-4H3,(H2,10,12)/i1D3,2D3,3D3,4D3. The summed E-state index contributed by atoms with van der Waals surface area (Å²) in [6.07, 6.45) is 0.314. The summed E-state index contributed by atoms with van der Waals surface area (Å²) in [5, 5.41) is 1.77. The van der Waals surface area contributed by atoms with Crippen molar-refractivity contribution in [3.8, 4) is 0 Å². The molecule has 68 valence electrons. The molecule has 3 heteroatoms. The van der Waals surface area contributed by atoms with Crippen LogP contribution in [0.1, 0.15) is 43.9 Å². The van der Waals surface area contributed by atoms with E-state index in [2.05, 4.69) is 0 Å². The van der Waals surface area contributed by atoms with Crippen molar-refractivity contribution in [1.82, 2.24) is 5.32 Å². The van der Waals surface area contributed by atoms with Gasteiger partial charge in [0.25, 0.3) is 0 Å². The number of hydrogen-bond acceptors (Lipinski definition) is 2. The first-order chi connectivity index (χ1) is 10.2. The zero-order chi connectivity index (χ0) is 19.6. The van der Waals surface area contributed by atoms with Crippen LogP contribution in [0.15, 0.2) is 11.6 Å². The van der Waals surface area contributed by atoms with Crippen LogP contribution in [0.2, 0.25) is 0 Å². The lowest BCUT2D eigenvalue weighted by molar-refractivity contribution is -0.115. The molecule has 0 spiro atoms. The van der Waals surface area contributed by atoms with Crippen LogP contribution in [-0.2, 0) is 4.79 Å². The van der Waals surface area contributed by atoms with Crippen LogP contribution in [0.5, 0.6) is 0 Å². The molecule has 0 fully saturated rings. The topological polar surface area (TPSA) is 55.1 Å². The second kappa shape index (κ2) is 2.33. The Kier molecular flexibility index (Phi) is 0.417. The number of nitrogens with one attached hydrogen (secondary N) is 1. The second-order valence-corrected chi connectivity index (χ2v) is 2.61. The summed E-state index contributed by atoms with van der Waals surface area (Å²) >= 11 is 0. The summed E-state index contributed by atoms with van der Waals surface area (Å²) in [6, 6.07) is 0. The van der Waals surface area contributed by atoms with E-state index >= 15 is 0 Å². The number of nitrogens with two attached hydrogens (primary N) is 1. The van der Waals surface area contributed by atoms with Gasteiger partial charge in [-0.15, -0.1) is 0 Å². The van der Waals surface area contributed by atoms with Gasteiger partial charge in [-0.05, 0) is 27.4 Å². The SMILES string of the molecule is [2H]C([2H])([2H])C1(C([2H])([2H])[2H])C=C(C(N)=O)C(C([2H])([2H])[2H])(C([2H])([2H])[2H])N1. The predicted molar refractivity (Wildman–Crippen MR) is 48.6 cm³/mol. The van der Waals surface area contributed by atoms with Crippen LogP contribution in [0.4, 0.5) is 0 Å². The molecule has 0 aromatic carbocycles. The van der Waals surface area contributed by atoms with Crippen LogP contribution in [0.25, 0.3) is 0 Å². The van der Waals surface area contributed by atoms with Gasteiger partial charge in [0.2, 0.25) is 5.91 Å². The maximum Gasteiger partial charge on any atom is 0.246 e. The highest BCUT2D eigenvalue weighted by Gasteiger charge is 2.38. The fourth-order valence-electron chi connectivity index (χ4n) is 0.980. The van der Waals surface area contributed by atoms with Crippen molar-refractivity contribution in [2.75, 3.05) is 0 Å². The molecule has 0 radical (unpaired) electrons. The normalized spacial score (nSPS) is 44.2. The summed E-state index contributed by atoms with van der Waals surface area (Å²) in [4.78, 5) is 11.7. The molecule has 0 aromatic heterocycles. The fraction of sp³-hybridized carbons (Fsp3) is 0.667. The van der Waals surface area contributed by atoms with E-state index in [1.165, 1.54) is 0 Å². The smallest absolute Gasteiger partial charge is 0.246 e. The molecule has 1 rings (SSSR count). The molecule has 1 amide bonds. The van der Waals surface area contributed by atoms with Crippen molar-refractivity contribution in [2.45, 2.75) is 38.5 Å². The van der Waals surface area contributed by atoms with Crippen molar-refractivity contribution in [3.63, 3.8) is 0 Å². The lowest BCUT2D eigenvalue weighted by Crippen LogP contribution is -2.47. The molecule has 0 aromatic rings. The first kappa shape index (κ1) is 2.15. The van der Waals surface area contributed by atoms with Gasteiger partial charge in [0.1, 0.15) is 0 Å². The number of rotatable bonds is 1. The number of carbonyl (C=O) groups is 1. The highest BCUT2D eigenvalue weighted by molar-refractivity contribution is 5.95. The molecule has 1 aliphatic heterocycles. The molecule has 1 heterocycles. The third kappa shape index (κ3) is 1.50. The lowest BCUT2D eigenvalue weighted by atomic mass is 9.96. The number of hydrogen-bond donors (Lipinski definition) is 2. The van der Waals surface area contributed by atoms with Crippen LogP contribution in [-0.4, -0.2) is 17.0 Å². The molecular weight excluding hydrogens is 152 g/mol. The van der Waals surface area contributed by atoms with E-state index in [0.29, 0.717) is 6.08 Å². The Labute approximate surface area is 89.9 Å². The molecule has 3 nitrogen and oxygen atoms in total. The summed E-state index contributed by atoms with van der Waals surface area (Å²) in [7, 11) is 0. The van der Waals surface area contributed by atoms with Crippen molar-refractivity contribution in [2.24, 2.45) is 5.73 Å². The number of carbonyl (C=O) groups excluding carboxylic acids is 1. The van der Waals surface area contributed by atoms with Gasteiger partial charge in [-0.1, -0.05) is 6.08 Å². The van der Waals surface area contributed by atoms with E-state index in [1.807, 2.05) is 0 Å². The Morgan fingerprint density at radius 3 is 2.58 bits per heavy atom. The van der Waals surface area contributed by atoms with Crippen molar-refractivity contribution in [1.29, 1.82) is 0 Å². The molecule has 0 saturated carbocycles. The van der Waals surface area contributed by atoms with Gasteiger partial charge in [0.15, 0.2) is 0 Å². The summed E-state index contributed by atoms with van der Waals surface area (Å²) < 4.78 is 90.2. The Morgan fingerprint density at radius 1 is 1.58 bits per heavy atom. The quantitative estimate of drug-likeness (QED) is 0.619. The first-order valence-corrected chi connectivity index (χ1v) is 3.07. The van der Waals surface area contributed by atoms with Crippen LogP contribution in [0, 0.1) is 0 Å². The van der Waals surface area contributed by atoms with E-state index < -0.39 is 50.0 Å². The van der Waals surface area contributed by atoms with Gasteiger partial charge in [0.05, 0.1) is 0 Å². The van der Waals surface area contributed by atoms with E-state index in [1.54, 1.807) is 5.32 Å². The molecule has 0 saturated heterocycles. The summed E-state index contributed by atoms with van der Waals surface area (Å²) in [5.41, 5.74) is -2.35. The van der Waals surface area contributed by atoms with Crippen molar-refractivity contribution in [3.05, 3.63) is 11.6 Å².